The van der Waals surface area contributed by atoms with Crippen molar-refractivity contribution in [2.24, 2.45) is 0 Å². The molecular weight excluding hydrogens is 296 g/mol. The molecule has 1 saturated heterocycles. The van der Waals surface area contributed by atoms with Crippen molar-refractivity contribution in [1.82, 2.24) is 10.2 Å². The van der Waals surface area contributed by atoms with Gasteiger partial charge in [0.05, 0.1) is 7.11 Å². The molecule has 1 unspecified atom stereocenters. The number of ether oxygens (including phenoxy) is 1. The van der Waals surface area contributed by atoms with Gasteiger partial charge in [-0.25, -0.2) is 0 Å². The van der Waals surface area contributed by atoms with Crippen molar-refractivity contribution in [3.05, 3.63) is 42.0 Å². The average molecular weight is 321 g/mol. The largest absolute Gasteiger partial charge is 0.496 e. The molecule has 1 aliphatic rings. The molecule has 3 nitrogen and oxygen atoms in total. The van der Waals surface area contributed by atoms with Crippen molar-refractivity contribution in [3.63, 3.8) is 0 Å². The van der Waals surface area contributed by atoms with E-state index in [0.29, 0.717) is 6.04 Å². The minimum atomic E-state index is 0. The van der Waals surface area contributed by atoms with Crippen LogP contribution in [0.5, 0.6) is 5.75 Å². The summed E-state index contributed by atoms with van der Waals surface area (Å²) in [6.45, 7) is 3.25. The molecule has 3 rings (SSSR count). The van der Waals surface area contributed by atoms with Crippen LogP contribution in [0.15, 0.2) is 36.4 Å². The van der Waals surface area contributed by atoms with Crippen molar-refractivity contribution in [2.75, 3.05) is 27.2 Å². The Hall–Kier alpha value is -1.29. The van der Waals surface area contributed by atoms with Gasteiger partial charge in [0.25, 0.3) is 0 Å². The molecule has 0 bridgehead atoms. The molecule has 0 amide bonds. The summed E-state index contributed by atoms with van der Waals surface area (Å²) in [7, 11) is 3.83. The highest BCUT2D eigenvalue weighted by Crippen LogP contribution is 2.29. The Bertz CT molecular complexity index is 617. The zero-order chi connectivity index (χ0) is 14.7. The molecule has 1 atom stereocenters. The van der Waals surface area contributed by atoms with E-state index in [4.69, 9.17) is 4.74 Å². The van der Waals surface area contributed by atoms with E-state index < -0.39 is 0 Å². The van der Waals surface area contributed by atoms with Gasteiger partial charge >= 0.3 is 0 Å². The number of methoxy groups -OCH3 is 1. The first kappa shape index (κ1) is 17.1. The standard InChI is InChI=1S/C18H24N2O.ClH/c1-19-15-7-5-11-20(12-15)13-17-16-8-4-3-6-14(16)9-10-18(17)21-2;/h3-4,6,8-10,15,19H,5,7,11-13H2,1-2H3;1H. The van der Waals surface area contributed by atoms with Gasteiger partial charge in [0.15, 0.2) is 0 Å². The lowest BCUT2D eigenvalue weighted by Crippen LogP contribution is -2.43. The van der Waals surface area contributed by atoms with Gasteiger partial charge in [-0.2, -0.15) is 0 Å². The summed E-state index contributed by atoms with van der Waals surface area (Å²) in [5.41, 5.74) is 1.31. The predicted octanol–water partition coefficient (Wildman–Crippen LogP) is 3.45. The summed E-state index contributed by atoms with van der Waals surface area (Å²) >= 11 is 0. The maximum absolute atomic E-state index is 5.61. The van der Waals surface area contributed by atoms with Gasteiger partial charge in [0.1, 0.15) is 5.75 Å². The Morgan fingerprint density at radius 3 is 2.82 bits per heavy atom. The van der Waals surface area contributed by atoms with Gasteiger partial charge in [-0.3, -0.25) is 4.90 Å². The molecule has 1 heterocycles. The summed E-state index contributed by atoms with van der Waals surface area (Å²) in [5.74, 6) is 1.00. The van der Waals surface area contributed by atoms with Gasteiger partial charge in [0.2, 0.25) is 0 Å². The Balaban J connectivity index is 0.00000176. The summed E-state index contributed by atoms with van der Waals surface area (Å²) in [4.78, 5) is 2.54. The number of piperidine rings is 1. The van der Waals surface area contributed by atoms with Crippen molar-refractivity contribution < 1.29 is 4.74 Å². The molecule has 1 aliphatic heterocycles. The molecule has 1 fully saturated rings. The lowest BCUT2D eigenvalue weighted by atomic mass is 10.0. The summed E-state index contributed by atoms with van der Waals surface area (Å²) in [5, 5.41) is 6.01. The first-order valence-corrected chi connectivity index (χ1v) is 7.76. The summed E-state index contributed by atoms with van der Waals surface area (Å²) in [6, 6.07) is 13.4. The third kappa shape index (κ3) is 3.54. The van der Waals surface area contributed by atoms with Crippen LogP contribution in [0.2, 0.25) is 0 Å². The minimum Gasteiger partial charge on any atom is -0.496 e. The number of likely N-dealkylation sites (tertiary alicyclic amines) is 1. The van der Waals surface area contributed by atoms with Gasteiger partial charge in [0, 0.05) is 24.7 Å². The molecule has 1 N–H and O–H groups in total. The number of benzene rings is 2. The van der Waals surface area contributed by atoms with E-state index in [0.717, 1.165) is 18.8 Å². The monoisotopic (exact) mass is 320 g/mol. The number of rotatable bonds is 4. The van der Waals surface area contributed by atoms with E-state index in [9.17, 15) is 0 Å². The van der Waals surface area contributed by atoms with Gasteiger partial charge in [-0.1, -0.05) is 30.3 Å². The minimum absolute atomic E-state index is 0. The number of nitrogens with one attached hydrogen (secondary N) is 1. The number of hydrogen-bond donors (Lipinski definition) is 1. The highest BCUT2D eigenvalue weighted by atomic mass is 35.5. The van der Waals surface area contributed by atoms with Crippen molar-refractivity contribution in [2.45, 2.75) is 25.4 Å². The van der Waals surface area contributed by atoms with Crippen LogP contribution >= 0.6 is 12.4 Å². The van der Waals surface area contributed by atoms with Crippen LogP contribution in [0.4, 0.5) is 0 Å². The maximum Gasteiger partial charge on any atom is 0.123 e. The predicted molar refractivity (Wildman–Crippen MR) is 95.1 cm³/mol. The Morgan fingerprint density at radius 2 is 2.05 bits per heavy atom. The second-order valence-corrected chi connectivity index (χ2v) is 5.83. The van der Waals surface area contributed by atoms with Crippen molar-refractivity contribution in [3.8, 4) is 5.75 Å². The summed E-state index contributed by atoms with van der Waals surface area (Å²) in [6.07, 6.45) is 2.54. The molecule has 0 spiro atoms. The first-order chi connectivity index (χ1) is 10.3. The Morgan fingerprint density at radius 1 is 1.23 bits per heavy atom. The lowest BCUT2D eigenvalue weighted by molar-refractivity contribution is 0.187. The van der Waals surface area contributed by atoms with E-state index in [1.165, 1.54) is 35.7 Å². The molecule has 4 heteroatoms. The van der Waals surface area contributed by atoms with E-state index in [-0.39, 0.29) is 12.4 Å². The van der Waals surface area contributed by atoms with Crippen LogP contribution in [0, 0.1) is 0 Å². The number of fused-ring (bicyclic) bond motifs is 1. The third-order valence-electron chi connectivity index (χ3n) is 4.51. The van der Waals surface area contributed by atoms with Crippen LogP contribution in [0.25, 0.3) is 10.8 Å². The molecule has 2 aromatic carbocycles. The van der Waals surface area contributed by atoms with Crippen LogP contribution in [-0.4, -0.2) is 38.2 Å². The Labute approximate surface area is 139 Å². The zero-order valence-electron chi connectivity index (χ0n) is 13.3. The quantitative estimate of drug-likeness (QED) is 0.933. The van der Waals surface area contributed by atoms with Crippen molar-refractivity contribution >= 4 is 23.2 Å². The molecular formula is C18H25ClN2O. The van der Waals surface area contributed by atoms with Crippen LogP contribution < -0.4 is 10.1 Å². The highest BCUT2D eigenvalue weighted by Gasteiger charge is 2.20. The van der Waals surface area contributed by atoms with Crippen LogP contribution in [0.1, 0.15) is 18.4 Å². The molecule has 2 aromatic rings. The normalized spacial score (nSPS) is 18.9. The maximum atomic E-state index is 5.61. The van der Waals surface area contributed by atoms with Crippen LogP contribution in [0.3, 0.4) is 0 Å². The van der Waals surface area contributed by atoms with E-state index in [1.54, 1.807) is 7.11 Å². The number of hydrogen-bond acceptors (Lipinski definition) is 3. The fourth-order valence-electron chi connectivity index (χ4n) is 3.33. The van der Waals surface area contributed by atoms with Gasteiger partial charge in [-0.05, 0) is 43.3 Å². The second-order valence-electron chi connectivity index (χ2n) is 5.83. The van der Waals surface area contributed by atoms with Crippen molar-refractivity contribution in [1.29, 1.82) is 0 Å². The number of likely N-dealkylation sites (N-methyl/N-ethyl adjacent to an activating group) is 1. The van der Waals surface area contributed by atoms with E-state index in [2.05, 4.69) is 53.7 Å². The number of nitrogens with zero attached hydrogens (tertiary/aromatic N) is 1. The Kier molecular flexibility index (Phi) is 6.07. The number of halogens is 1. The van der Waals surface area contributed by atoms with E-state index >= 15 is 0 Å². The molecule has 0 saturated carbocycles. The zero-order valence-corrected chi connectivity index (χ0v) is 14.2. The topological polar surface area (TPSA) is 24.5 Å². The third-order valence-corrected chi connectivity index (χ3v) is 4.51. The lowest BCUT2D eigenvalue weighted by Gasteiger charge is -2.33. The first-order valence-electron chi connectivity index (χ1n) is 7.76. The molecule has 0 aliphatic carbocycles. The molecule has 22 heavy (non-hydrogen) atoms. The molecule has 0 radical (unpaired) electrons. The fourth-order valence-corrected chi connectivity index (χ4v) is 3.33. The summed E-state index contributed by atoms with van der Waals surface area (Å²) < 4.78 is 5.61. The molecule has 0 aromatic heterocycles. The highest BCUT2D eigenvalue weighted by molar-refractivity contribution is 5.87. The molecule has 120 valence electrons. The van der Waals surface area contributed by atoms with E-state index in [1.807, 2.05) is 0 Å². The van der Waals surface area contributed by atoms with Gasteiger partial charge in [-0.15, -0.1) is 12.4 Å². The SMILES string of the molecule is CNC1CCCN(Cc2c(OC)ccc3ccccc23)C1.Cl. The van der Waals surface area contributed by atoms with Crippen LogP contribution in [-0.2, 0) is 6.54 Å². The second kappa shape index (κ2) is 7.82. The average Bonchev–Trinajstić information content (AvgIpc) is 2.55. The fraction of sp³-hybridized carbons (Fsp3) is 0.444. The smallest absolute Gasteiger partial charge is 0.123 e. The van der Waals surface area contributed by atoms with Gasteiger partial charge < -0.3 is 10.1 Å².